The normalized spacial score (nSPS) is 10.6. The summed E-state index contributed by atoms with van der Waals surface area (Å²) >= 11 is 0. The molecule has 0 saturated heterocycles. The van der Waals surface area contributed by atoms with Crippen LogP contribution in [0.2, 0.25) is 0 Å². The van der Waals surface area contributed by atoms with Crippen LogP contribution in [0.1, 0.15) is 25.2 Å². The molecule has 0 bridgehead atoms. The zero-order valence-corrected chi connectivity index (χ0v) is 12.3. The van der Waals surface area contributed by atoms with Gasteiger partial charge in [0, 0.05) is 44.0 Å². The Bertz CT molecular complexity index is 535. The SMILES string of the molecule is CCNc1nc(CC)nc(NCCn2ccnc2)c1C. The molecule has 2 heterocycles. The van der Waals surface area contributed by atoms with E-state index in [0.29, 0.717) is 0 Å². The Morgan fingerprint density at radius 2 is 1.90 bits per heavy atom. The summed E-state index contributed by atoms with van der Waals surface area (Å²) in [6.07, 6.45) is 6.38. The topological polar surface area (TPSA) is 67.7 Å². The molecule has 108 valence electrons. The zero-order chi connectivity index (χ0) is 14.4. The smallest absolute Gasteiger partial charge is 0.134 e. The maximum Gasteiger partial charge on any atom is 0.134 e. The second-order valence-corrected chi connectivity index (χ2v) is 4.57. The van der Waals surface area contributed by atoms with Crippen LogP contribution in [0, 0.1) is 6.92 Å². The molecule has 0 atom stereocenters. The lowest BCUT2D eigenvalue weighted by molar-refractivity contribution is 0.723. The van der Waals surface area contributed by atoms with Crippen LogP contribution < -0.4 is 10.6 Å². The van der Waals surface area contributed by atoms with Gasteiger partial charge >= 0.3 is 0 Å². The van der Waals surface area contributed by atoms with Crippen molar-refractivity contribution in [2.45, 2.75) is 33.7 Å². The Morgan fingerprint density at radius 3 is 2.50 bits per heavy atom. The highest BCUT2D eigenvalue weighted by molar-refractivity contribution is 5.57. The van der Waals surface area contributed by atoms with Gasteiger partial charge in [-0.3, -0.25) is 0 Å². The molecule has 6 nitrogen and oxygen atoms in total. The number of hydrogen-bond donors (Lipinski definition) is 2. The summed E-state index contributed by atoms with van der Waals surface area (Å²) in [6, 6.07) is 0. The largest absolute Gasteiger partial charge is 0.370 e. The Labute approximate surface area is 119 Å². The Hall–Kier alpha value is -2.11. The molecule has 0 unspecified atom stereocenters. The summed E-state index contributed by atoms with van der Waals surface area (Å²) in [4.78, 5) is 13.1. The molecular weight excluding hydrogens is 252 g/mol. The maximum atomic E-state index is 4.57. The monoisotopic (exact) mass is 274 g/mol. The highest BCUT2D eigenvalue weighted by Gasteiger charge is 2.09. The van der Waals surface area contributed by atoms with Gasteiger partial charge in [-0.2, -0.15) is 0 Å². The average Bonchev–Trinajstić information content (AvgIpc) is 2.96. The molecule has 0 aromatic carbocycles. The van der Waals surface area contributed by atoms with Crippen molar-refractivity contribution in [1.29, 1.82) is 0 Å². The van der Waals surface area contributed by atoms with Crippen molar-refractivity contribution >= 4 is 11.6 Å². The first-order valence-electron chi connectivity index (χ1n) is 7.05. The molecule has 2 N–H and O–H groups in total. The van der Waals surface area contributed by atoms with Crippen molar-refractivity contribution in [3.05, 3.63) is 30.1 Å². The van der Waals surface area contributed by atoms with Gasteiger partial charge in [0.2, 0.25) is 0 Å². The van der Waals surface area contributed by atoms with Crippen LogP contribution in [0.3, 0.4) is 0 Å². The number of rotatable bonds is 7. The second-order valence-electron chi connectivity index (χ2n) is 4.57. The van der Waals surface area contributed by atoms with Crippen LogP contribution in [0.25, 0.3) is 0 Å². The van der Waals surface area contributed by atoms with E-state index >= 15 is 0 Å². The molecule has 0 aliphatic carbocycles. The Balaban J connectivity index is 2.07. The first-order valence-corrected chi connectivity index (χ1v) is 7.05. The molecule has 0 amide bonds. The predicted octanol–water partition coefficient (Wildman–Crippen LogP) is 2.09. The van der Waals surface area contributed by atoms with E-state index < -0.39 is 0 Å². The van der Waals surface area contributed by atoms with Gasteiger partial charge in [-0.25, -0.2) is 15.0 Å². The molecule has 2 aromatic heterocycles. The lowest BCUT2D eigenvalue weighted by atomic mass is 10.3. The fourth-order valence-electron chi connectivity index (χ4n) is 1.96. The molecular formula is C14H22N6. The first kappa shape index (κ1) is 14.3. The zero-order valence-electron chi connectivity index (χ0n) is 12.3. The van der Waals surface area contributed by atoms with E-state index in [9.17, 15) is 0 Å². The number of hydrogen-bond acceptors (Lipinski definition) is 5. The van der Waals surface area contributed by atoms with Crippen LogP contribution in [-0.4, -0.2) is 32.6 Å². The predicted molar refractivity (Wildman–Crippen MR) is 81.0 cm³/mol. The van der Waals surface area contributed by atoms with E-state index in [1.54, 1.807) is 6.20 Å². The third kappa shape index (κ3) is 3.46. The number of nitrogens with one attached hydrogen (secondary N) is 2. The molecule has 2 rings (SSSR count). The number of anilines is 2. The summed E-state index contributed by atoms with van der Waals surface area (Å²) in [5.74, 6) is 2.69. The Kier molecular flexibility index (Phi) is 4.92. The minimum atomic E-state index is 0.808. The van der Waals surface area contributed by atoms with E-state index in [2.05, 4.69) is 39.4 Å². The van der Waals surface area contributed by atoms with Crippen molar-refractivity contribution < 1.29 is 0 Å². The molecule has 0 spiro atoms. The van der Waals surface area contributed by atoms with Gasteiger partial charge in [0.15, 0.2) is 0 Å². The number of aryl methyl sites for hydroxylation is 1. The van der Waals surface area contributed by atoms with Gasteiger partial charge in [0.1, 0.15) is 17.5 Å². The summed E-state index contributed by atoms with van der Waals surface area (Å²) in [6.45, 7) is 8.70. The molecule has 0 aliphatic rings. The summed E-state index contributed by atoms with van der Waals surface area (Å²) < 4.78 is 2.04. The van der Waals surface area contributed by atoms with Gasteiger partial charge in [0.05, 0.1) is 6.33 Å². The van der Waals surface area contributed by atoms with Crippen molar-refractivity contribution in [2.24, 2.45) is 0 Å². The first-order chi connectivity index (χ1) is 9.74. The Morgan fingerprint density at radius 1 is 1.15 bits per heavy atom. The van der Waals surface area contributed by atoms with Crippen molar-refractivity contribution in [3.63, 3.8) is 0 Å². The summed E-state index contributed by atoms with van der Waals surface area (Å²) in [7, 11) is 0. The van der Waals surface area contributed by atoms with Gasteiger partial charge < -0.3 is 15.2 Å². The molecule has 0 saturated carbocycles. The van der Waals surface area contributed by atoms with Gasteiger partial charge in [-0.15, -0.1) is 0 Å². The van der Waals surface area contributed by atoms with Crippen LogP contribution in [0.15, 0.2) is 18.7 Å². The third-order valence-electron chi connectivity index (χ3n) is 3.07. The minimum Gasteiger partial charge on any atom is -0.370 e. The van der Waals surface area contributed by atoms with Crippen LogP contribution in [0.5, 0.6) is 0 Å². The standard InChI is InChI=1S/C14H22N6/c1-4-12-18-13(16-5-2)11(3)14(19-12)17-7-9-20-8-6-15-10-20/h6,8,10H,4-5,7,9H2,1-3H3,(H2,16,17,18,19). The highest BCUT2D eigenvalue weighted by atomic mass is 15.1. The number of nitrogens with zero attached hydrogens (tertiary/aromatic N) is 4. The molecule has 6 heteroatoms. The van der Waals surface area contributed by atoms with Gasteiger partial charge in [-0.05, 0) is 13.8 Å². The van der Waals surface area contributed by atoms with E-state index in [1.807, 2.05) is 24.0 Å². The molecule has 0 radical (unpaired) electrons. The fraction of sp³-hybridized carbons (Fsp3) is 0.500. The maximum absolute atomic E-state index is 4.57. The summed E-state index contributed by atoms with van der Waals surface area (Å²) in [5.41, 5.74) is 1.06. The lowest BCUT2D eigenvalue weighted by Crippen LogP contribution is -2.14. The number of imidazole rings is 1. The van der Waals surface area contributed by atoms with Crippen LogP contribution in [0.4, 0.5) is 11.6 Å². The van der Waals surface area contributed by atoms with E-state index in [4.69, 9.17) is 0 Å². The average molecular weight is 274 g/mol. The molecule has 0 fully saturated rings. The third-order valence-corrected chi connectivity index (χ3v) is 3.07. The van der Waals surface area contributed by atoms with E-state index in [0.717, 1.165) is 49.1 Å². The second kappa shape index (κ2) is 6.88. The molecule has 20 heavy (non-hydrogen) atoms. The molecule has 0 aliphatic heterocycles. The number of aromatic nitrogens is 4. The van der Waals surface area contributed by atoms with Crippen molar-refractivity contribution in [1.82, 2.24) is 19.5 Å². The van der Waals surface area contributed by atoms with Crippen LogP contribution in [-0.2, 0) is 13.0 Å². The van der Waals surface area contributed by atoms with E-state index in [1.165, 1.54) is 0 Å². The lowest BCUT2D eigenvalue weighted by Gasteiger charge is -2.14. The van der Waals surface area contributed by atoms with Crippen LogP contribution >= 0.6 is 0 Å². The van der Waals surface area contributed by atoms with E-state index in [-0.39, 0.29) is 0 Å². The molecule has 2 aromatic rings. The van der Waals surface area contributed by atoms with Gasteiger partial charge in [-0.1, -0.05) is 6.92 Å². The fourth-order valence-corrected chi connectivity index (χ4v) is 1.96. The van der Waals surface area contributed by atoms with Crippen molar-refractivity contribution in [2.75, 3.05) is 23.7 Å². The van der Waals surface area contributed by atoms with Crippen molar-refractivity contribution in [3.8, 4) is 0 Å². The quantitative estimate of drug-likeness (QED) is 0.809. The van der Waals surface area contributed by atoms with Gasteiger partial charge in [0.25, 0.3) is 0 Å². The highest BCUT2D eigenvalue weighted by Crippen LogP contribution is 2.19. The summed E-state index contributed by atoms with van der Waals surface area (Å²) in [5, 5.41) is 6.67. The minimum absolute atomic E-state index is 0.808.